The third-order valence-electron chi connectivity index (χ3n) is 9.91. The van der Waals surface area contributed by atoms with Gasteiger partial charge in [-0.1, -0.05) is 22.9 Å². The summed E-state index contributed by atoms with van der Waals surface area (Å²) in [5.74, 6) is -0.934. The van der Waals surface area contributed by atoms with Crippen LogP contribution in [0.1, 0.15) is 38.5 Å². The number of benzene rings is 2. The fraction of sp³-hybridized carbons (Fsp3) is 0.516. The lowest BCUT2D eigenvalue weighted by atomic mass is 9.95. The highest BCUT2D eigenvalue weighted by Gasteiger charge is 2.49. The molecule has 10 nitrogen and oxygen atoms in total. The molecule has 5 heterocycles. The number of thiazole rings is 1. The van der Waals surface area contributed by atoms with Gasteiger partial charge in [-0.15, -0.1) is 0 Å². The van der Waals surface area contributed by atoms with Crippen LogP contribution in [0.3, 0.4) is 0 Å². The first kappa shape index (κ1) is 31.3. The third-order valence-corrected chi connectivity index (χ3v) is 13.5. The minimum absolute atomic E-state index is 0.0146. The van der Waals surface area contributed by atoms with Crippen LogP contribution in [0.4, 0.5) is 24.1 Å². The smallest absolute Gasteiger partial charge is 0.319 e. The van der Waals surface area contributed by atoms with Gasteiger partial charge in [0.25, 0.3) is 0 Å². The Hall–Kier alpha value is -2.98. The molecule has 1 aliphatic carbocycles. The summed E-state index contributed by atoms with van der Waals surface area (Å²) in [6.07, 6.45) is 2.99. The number of rotatable bonds is 7. The number of fused-ring (bicyclic) bond motifs is 3. The van der Waals surface area contributed by atoms with Crippen molar-refractivity contribution in [3.63, 3.8) is 0 Å². The molecule has 2 aromatic carbocycles. The van der Waals surface area contributed by atoms with Crippen molar-refractivity contribution in [3.05, 3.63) is 34.9 Å². The molecule has 3 aliphatic heterocycles. The number of nitrogens with two attached hydrogens (primary N) is 1. The van der Waals surface area contributed by atoms with Crippen LogP contribution in [0.15, 0.2) is 18.2 Å². The summed E-state index contributed by atoms with van der Waals surface area (Å²) in [4.78, 5) is 17.6. The molecule has 0 amide bonds. The van der Waals surface area contributed by atoms with Crippen LogP contribution in [0.25, 0.3) is 32.2 Å². The molecule has 0 radical (unpaired) electrons. The lowest BCUT2D eigenvalue weighted by Crippen LogP contribution is -2.43. The zero-order valence-electron chi connectivity index (χ0n) is 25.4. The van der Waals surface area contributed by atoms with E-state index in [-0.39, 0.29) is 61.4 Å². The summed E-state index contributed by atoms with van der Waals surface area (Å²) in [6.45, 7) is 2.68. The molecule has 250 valence electrons. The number of nitrogen functional groups attached to an aromatic ring is 1. The molecule has 4 fully saturated rings. The van der Waals surface area contributed by atoms with E-state index < -0.39 is 33.4 Å². The number of sulfonamides is 1. The van der Waals surface area contributed by atoms with Gasteiger partial charge in [-0.3, -0.25) is 4.90 Å². The minimum atomic E-state index is -3.38. The minimum Gasteiger partial charge on any atom is -0.461 e. The zero-order valence-corrected chi connectivity index (χ0v) is 27.8. The highest BCUT2D eigenvalue weighted by Crippen LogP contribution is 2.44. The number of ether oxygens (including phenoxy) is 1. The number of nitrogens with zero attached hydrogens (tertiary/aromatic N) is 6. The Bertz CT molecular complexity index is 2010. The predicted molar refractivity (Wildman–Crippen MR) is 176 cm³/mol. The fourth-order valence-electron chi connectivity index (χ4n) is 7.49. The largest absolute Gasteiger partial charge is 0.461 e. The average molecular weight is 708 g/mol. The molecular weight excluding hydrogens is 675 g/mol. The Morgan fingerprint density at radius 3 is 2.70 bits per heavy atom. The van der Waals surface area contributed by atoms with Gasteiger partial charge in [0, 0.05) is 55.7 Å². The normalized spacial score (nSPS) is 24.3. The van der Waals surface area contributed by atoms with Gasteiger partial charge in [-0.2, -0.15) is 14.3 Å². The maximum Gasteiger partial charge on any atom is 0.319 e. The van der Waals surface area contributed by atoms with E-state index in [1.54, 1.807) is 6.07 Å². The van der Waals surface area contributed by atoms with Gasteiger partial charge in [0.15, 0.2) is 10.9 Å². The quantitative estimate of drug-likeness (QED) is 0.270. The lowest BCUT2D eigenvalue weighted by molar-refractivity contribution is 0.107. The van der Waals surface area contributed by atoms with Crippen molar-refractivity contribution in [2.75, 3.05) is 56.5 Å². The molecule has 3 saturated heterocycles. The van der Waals surface area contributed by atoms with Gasteiger partial charge in [-0.05, 0) is 56.8 Å². The van der Waals surface area contributed by atoms with E-state index in [1.807, 2.05) is 4.90 Å². The Kier molecular flexibility index (Phi) is 7.71. The van der Waals surface area contributed by atoms with Gasteiger partial charge in [0.05, 0.1) is 26.0 Å². The first-order valence-electron chi connectivity index (χ1n) is 15.8. The van der Waals surface area contributed by atoms with Crippen LogP contribution in [0.5, 0.6) is 6.01 Å². The highest BCUT2D eigenvalue weighted by atomic mass is 35.5. The summed E-state index contributed by atoms with van der Waals surface area (Å²) >= 11 is 7.75. The maximum absolute atomic E-state index is 16.8. The van der Waals surface area contributed by atoms with E-state index in [4.69, 9.17) is 27.1 Å². The van der Waals surface area contributed by atoms with Crippen LogP contribution in [0, 0.1) is 11.6 Å². The molecular formula is C31H33ClF3N7O3S2. The Morgan fingerprint density at radius 1 is 1.06 bits per heavy atom. The lowest BCUT2D eigenvalue weighted by Gasteiger charge is -2.31. The van der Waals surface area contributed by atoms with E-state index in [2.05, 4.69) is 14.9 Å². The van der Waals surface area contributed by atoms with Gasteiger partial charge in [0.2, 0.25) is 10.0 Å². The number of anilines is 2. The van der Waals surface area contributed by atoms with E-state index in [1.165, 1.54) is 16.4 Å². The fourth-order valence-corrected chi connectivity index (χ4v) is 10.4. The molecule has 2 atom stereocenters. The highest BCUT2D eigenvalue weighted by molar-refractivity contribution is 7.90. The summed E-state index contributed by atoms with van der Waals surface area (Å²) < 4.78 is 80.0. The molecule has 4 aliphatic rings. The van der Waals surface area contributed by atoms with Crippen molar-refractivity contribution >= 4 is 65.0 Å². The number of alkyl halides is 1. The Morgan fingerprint density at radius 2 is 1.89 bits per heavy atom. The second kappa shape index (κ2) is 11.6. The predicted octanol–water partition coefficient (Wildman–Crippen LogP) is 5.38. The van der Waals surface area contributed by atoms with Gasteiger partial charge in [0.1, 0.15) is 29.9 Å². The molecule has 47 heavy (non-hydrogen) atoms. The van der Waals surface area contributed by atoms with Crippen molar-refractivity contribution in [2.24, 2.45) is 0 Å². The molecule has 2 N–H and O–H groups in total. The van der Waals surface area contributed by atoms with Crippen molar-refractivity contribution in [1.29, 1.82) is 0 Å². The Balaban J connectivity index is 1.23. The molecule has 4 aromatic rings. The van der Waals surface area contributed by atoms with E-state index >= 15 is 4.39 Å². The van der Waals surface area contributed by atoms with E-state index in [0.717, 1.165) is 30.7 Å². The first-order chi connectivity index (χ1) is 22.5. The third kappa shape index (κ3) is 5.38. The summed E-state index contributed by atoms with van der Waals surface area (Å²) in [7, 11) is -3.38. The molecule has 0 unspecified atom stereocenters. The van der Waals surface area contributed by atoms with Crippen molar-refractivity contribution in [3.8, 4) is 17.1 Å². The summed E-state index contributed by atoms with van der Waals surface area (Å²) in [6, 6.07) is 4.14. The number of aromatic nitrogens is 3. The van der Waals surface area contributed by atoms with E-state index in [9.17, 15) is 17.2 Å². The average Bonchev–Trinajstić information content (AvgIpc) is 3.70. The first-order valence-corrected chi connectivity index (χ1v) is 18.5. The second-order valence-electron chi connectivity index (χ2n) is 12.9. The molecule has 0 spiro atoms. The summed E-state index contributed by atoms with van der Waals surface area (Å²) in [5.41, 5.74) is 5.79. The second-order valence-corrected chi connectivity index (χ2v) is 16.6. The summed E-state index contributed by atoms with van der Waals surface area (Å²) in [5, 5.41) is 0.177. The van der Waals surface area contributed by atoms with Crippen LogP contribution in [-0.4, -0.2) is 95.4 Å². The molecule has 2 aromatic heterocycles. The van der Waals surface area contributed by atoms with Crippen LogP contribution >= 0.6 is 22.9 Å². The van der Waals surface area contributed by atoms with Crippen molar-refractivity contribution in [1.82, 2.24) is 24.2 Å². The standard InChI is InChI=1S/C31H33ClF3N7O3S2/c32-21-13-20-25(24(35)23(21)19-5-6-22(34)27-26(19)37-29(36)46-27)38-30(45-16-31-7-1-9-41(31)15-17(33)14-31)39-28(20)40-8-2-10-42(12-11-40)47(43,44)18-3-4-18/h5-6,13,17-18H,1-4,7-12,14-16H2,(H2,36,37)/t17-,31+/m1/s1. The van der Waals surface area contributed by atoms with Crippen LogP contribution < -0.4 is 15.4 Å². The SMILES string of the molecule is Nc1nc2c(-c3c(Cl)cc4c(N5CCCN(S(=O)(=O)C6CC6)CC5)nc(OC[C@@]56CCCN5C[C@H](F)C6)nc4c3F)ccc(F)c2s1. The Labute approximate surface area is 278 Å². The molecule has 0 bridgehead atoms. The van der Waals surface area contributed by atoms with Gasteiger partial charge >= 0.3 is 6.01 Å². The number of hydrogen-bond acceptors (Lipinski definition) is 10. The van der Waals surface area contributed by atoms with Crippen molar-refractivity contribution < 1.29 is 26.3 Å². The molecule has 1 saturated carbocycles. The van der Waals surface area contributed by atoms with Gasteiger partial charge in [-0.25, -0.2) is 26.6 Å². The topological polar surface area (TPSA) is 118 Å². The number of hydrogen-bond donors (Lipinski definition) is 1. The van der Waals surface area contributed by atoms with Gasteiger partial charge < -0.3 is 15.4 Å². The van der Waals surface area contributed by atoms with Crippen LogP contribution in [-0.2, 0) is 10.0 Å². The van der Waals surface area contributed by atoms with Crippen LogP contribution in [0.2, 0.25) is 5.02 Å². The monoisotopic (exact) mass is 707 g/mol. The zero-order chi connectivity index (χ0) is 32.7. The maximum atomic E-state index is 16.8. The van der Waals surface area contributed by atoms with E-state index in [0.29, 0.717) is 63.1 Å². The number of halogens is 4. The molecule has 8 rings (SSSR count). The molecule has 16 heteroatoms. The van der Waals surface area contributed by atoms with Crippen molar-refractivity contribution in [2.45, 2.75) is 55.5 Å².